The van der Waals surface area contributed by atoms with Crippen LogP contribution in [-0.4, -0.2) is 46.9 Å². The Morgan fingerprint density at radius 3 is 2.35 bits per heavy atom. The highest BCUT2D eigenvalue weighted by Gasteiger charge is 2.32. The summed E-state index contributed by atoms with van der Waals surface area (Å²) in [7, 11) is -3.09. The van der Waals surface area contributed by atoms with Gasteiger partial charge in [-0.3, -0.25) is 0 Å². The van der Waals surface area contributed by atoms with E-state index in [0.29, 0.717) is 11.3 Å². The number of rotatable bonds is 7. The maximum atomic E-state index is 12.9. The molecule has 0 saturated heterocycles. The lowest BCUT2D eigenvalue weighted by molar-refractivity contribution is -0.141. The summed E-state index contributed by atoms with van der Waals surface area (Å²) in [5.41, 5.74) is 1.72. The molecule has 12 heteroatoms. The molecule has 1 aromatic carbocycles. The first kappa shape index (κ1) is 22.4. The van der Waals surface area contributed by atoms with Crippen LogP contribution >= 0.6 is 0 Å². The number of benzene rings is 1. The van der Waals surface area contributed by atoms with Gasteiger partial charge in [0.25, 0.3) is 0 Å². The van der Waals surface area contributed by atoms with Crippen LogP contribution < -0.4 is 10.6 Å². The van der Waals surface area contributed by atoms with E-state index in [9.17, 15) is 21.6 Å². The second-order valence-corrected chi connectivity index (χ2v) is 9.09. The van der Waals surface area contributed by atoms with Gasteiger partial charge in [-0.2, -0.15) is 13.2 Å². The molecular formula is C19H19F3N6O2S. The minimum absolute atomic E-state index is 0.0391. The maximum absolute atomic E-state index is 12.9. The number of alkyl halides is 3. The van der Waals surface area contributed by atoms with E-state index in [1.165, 1.54) is 0 Å². The molecule has 3 aromatic rings. The molecule has 0 radical (unpaired) electrons. The highest BCUT2D eigenvalue weighted by atomic mass is 32.2. The van der Waals surface area contributed by atoms with Crippen LogP contribution in [0.5, 0.6) is 0 Å². The molecule has 2 N–H and O–H groups in total. The van der Waals surface area contributed by atoms with Crippen LogP contribution in [-0.2, 0) is 16.0 Å². The van der Waals surface area contributed by atoms with E-state index in [1.807, 2.05) is 13.0 Å². The number of sulfone groups is 1. The molecule has 2 aromatic heterocycles. The van der Waals surface area contributed by atoms with E-state index in [1.54, 1.807) is 24.5 Å². The first-order valence-corrected chi connectivity index (χ1v) is 11.1. The van der Waals surface area contributed by atoms with Crippen molar-refractivity contribution in [2.45, 2.75) is 13.1 Å². The van der Waals surface area contributed by atoms with Gasteiger partial charge in [-0.25, -0.2) is 28.4 Å². The molecule has 0 unspecified atom stereocenters. The lowest BCUT2D eigenvalue weighted by Crippen LogP contribution is -2.15. The standard InChI is InChI=1S/C19H19F3N6O2S/c1-12-7-13(14-10-25-17(26-11-14)24-5-6-31(2,29)30)9-15(8-12)27-18-23-4-3-16(28-18)19(20,21)22/h3-4,7-11H,5-6H2,1-2H3,(H,23,27,28)(H,24,25,26). The van der Waals surface area contributed by atoms with E-state index in [4.69, 9.17) is 0 Å². The Kier molecular flexibility index (Phi) is 6.39. The van der Waals surface area contributed by atoms with Gasteiger partial charge < -0.3 is 10.6 Å². The first-order valence-electron chi connectivity index (χ1n) is 9.02. The zero-order valence-electron chi connectivity index (χ0n) is 16.6. The van der Waals surface area contributed by atoms with Crippen LogP contribution in [0.3, 0.4) is 0 Å². The van der Waals surface area contributed by atoms with Crippen molar-refractivity contribution in [3.8, 4) is 11.1 Å². The monoisotopic (exact) mass is 452 g/mol. The smallest absolute Gasteiger partial charge is 0.353 e. The highest BCUT2D eigenvalue weighted by Crippen LogP contribution is 2.29. The Labute approximate surface area is 176 Å². The zero-order valence-corrected chi connectivity index (χ0v) is 17.4. The minimum atomic E-state index is -4.56. The number of nitrogens with one attached hydrogen (secondary N) is 2. The number of hydrogen-bond donors (Lipinski definition) is 2. The summed E-state index contributed by atoms with van der Waals surface area (Å²) in [6.07, 6.45) is 0.750. The Hall–Kier alpha value is -3.28. The zero-order chi connectivity index (χ0) is 22.6. The van der Waals surface area contributed by atoms with Crippen molar-refractivity contribution in [2.75, 3.05) is 29.2 Å². The van der Waals surface area contributed by atoms with Gasteiger partial charge in [0.1, 0.15) is 15.5 Å². The summed E-state index contributed by atoms with van der Waals surface area (Å²) in [5, 5.41) is 5.62. The first-order chi connectivity index (χ1) is 14.5. The summed E-state index contributed by atoms with van der Waals surface area (Å²) in [5.74, 6) is 0.0756. The van der Waals surface area contributed by atoms with Crippen LogP contribution in [0.1, 0.15) is 11.3 Å². The Bertz CT molecular complexity index is 1170. The number of hydrogen-bond acceptors (Lipinski definition) is 8. The molecule has 0 atom stereocenters. The van der Waals surface area contributed by atoms with Gasteiger partial charge in [-0.1, -0.05) is 6.07 Å². The largest absolute Gasteiger partial charge is 0.433 e. The van der Waals surface area contributed by atoms with Crippen LogP contribution in [0, 0.1) is 6.92 Å². The summed E-state index contributed by atoms with van der Waals surface area (Å²) in [6.45, 7) is 2.03. The van der Waals surface area contributed by atoms with Crippen molar-refractivity contribution in [1.29, 1.82) is 0 Å². The lowest BCUT2D eigenvalue weighted by atomic mass is 10.1. The maximum Gasteiger partial charge on any atom is 0.433 e. The number of anilines is 3. The molecule has 0 fully saturated rings. The number of aromatic nitrogens is 4. The Balaban J connectivity index is 1.77. The summed E-state index contributed by atoms with van der Waals surface area (Å²) >= 11 is 0. The predicted molar refractivity (Wildman–Crippen MR) is 111 cm³/mol. The van der Waals surface area contributed by atoms with E-state index < -0.39 is 21.7 Å². The highest BCUT2D eigenvalue weighted by molar-refractivity contribution is 7.90. The summed E-state index contributed by atoms with van der Waals surface area (Å²) < 4.78 is 60.9. The quantitative estimate of drug-likeness (QED) is 0.561. The van der Waals surface area contributed by atoms with Crippen molar-refractivity contribution >= 4 is 27.4 Å². The summed E-state index contributed by atoms with van der Waals surface area (Å²) in [4.78, 5) is 15.7. The van der Waals surface area contributed by atoms with E-state index in [2.05, 4.69) is 30.6 Å². The van der Waals surface area contributed by atoms with Crippen molar-refractivity contribution in [3.05, 3.63) is 54.1 Å². The Morgan fingerprint density at radius 1 is 1.00 bits per heavy atom. The average Bonchev–Trinajstić information content (AvgIpc) is 2.67. The molecule has 0 aliphatic carbocycles. The normalized spacial score (nSPS) is 11.9. The molecule has 0 aliphatic heterocycles. The van der Waals surface area contributed by atoms with Gasteiger partial charge in [0, 0.05) is 42.6 Å². The topological polar surface area (TPSA) is 110 Å². The van der Waals surface area contributed by atoms with Crippen molar-refractivity contribution < 1.29 is 21.6 Å². The van der Waals surface area contributed by atoms with Crippen LogP contribution in [0.15, 0.2) is 42.9 Å². The molecule has 8 nitrogen and oxygen atoms in total. The third-order valence-corrected chi connectivity index (χ3v) is 4.97. The van der Waals surface area contributed by atoms with Crippen molar-refractivity contribution in [1.82, 2.24) is 19.9 Å². The third-order valence-electron chi connectivity index (χ3n) is 4.02. The average molecular weight is 452 g/mol. The number of aryl methyl sites for hydroxylation is 1. The molecule has 164 valence electrons. The van der Waals surface area contributed by atoms with Gasteiger partial charge >= 0.3 is 6.18 Å². The fourth-order valence-corrected chi connectivity index (χ4v) is 3.12. The van der Waals surface area contributed by atoms with Crippen molar-refractivity contribution in [2.24, 2.45) is 0 Å². The molecule has 0 amide bonds. The molecular weight excluding hydrogens is 433 g/mol. The van der Waals surface area contributed by atoms with Crippen LogP contribution in [0.25, 0.3) is 11.1 Å². The van der Waals surface area contributed by atoms with E-state index in [0.717, 1.165) is 29.6 Å². The SMILES string of the molecule is Cc1cc(Nc2nccc(C(F)(F)F)n2)cc(-c2cnc(NCCS(C)(=O)=O)nc2)c1. The van der Waals surface area contributed by atoms with Gasteiger partial charge in [-0.15, -0.1) is 0 Å². The lowest BCUT2D eigenvalue weighted by Gasteiger charge is -2.11. The molecule has 0 aliphatic rings. The number of nitrogens with zero attached hydrogens (tertiary/aromatic N) is 4. The van der Waals surface area contributed by atoms with E-state index in [-0.39, 0.29) is 24.2 Å². The molecule has 0 bridgehead atoms. The number of halogens is 3. The second kappa shape index (κ2) is 8.84. The molecule has 31 heavy (non-hydrogen) atoms. The minimum Gasteiger partial charge on any atom is -0.353 e. The van der Waals surface area contributed by atoms with Gasteiger partial charge in [0.15, 0.2) is 0 Å². The van der Waals surface area contributed by atoms with Gasteiger partial charge in [0.2, 0.25) is 11.9 Å². The fourth-order valence-electron chi connectivity index (χ4n) is 2.64. The van der Waals surface area contributed by atoms with E-state index >= 15 is 0 Å². The molecule has 3 rings (SSSR count). The molecule has 2 heterocycles. The van der Waals surface area contributed by atoms with Crippen LogP contribution in [0.2, 0.25) is 0 Å². The van der Waals surface area contributed by atoms with Crippen LogP contribution in [0.4, 0.5) is 30.8 Å². The predicted octanol–water partition coefficient (Wildman–Crippen LogP) is 3.46. The summed E-state index contributed by atoms with van der Waals surface area (Å²) in [6, 6.07) is 6.13. The molecule has 0 spiro atoms. The fraction of sp³-hybridized carbons (Fsp3) is 0.263. The van der Waals surface area contributed by atoms with Gasteiger partial charge in [0.05, 0.1) is 5.75 Å². The van der Waals surface area contributed by atoms with Gasteiger partial charge in [-0.05, 0) is 36.2 Å². The second-order valence-electron chi connectivity index (χ2n) is 6.83. The Morgan fingerprint density at radius 2 is 1.71 bits per heavy atom. The molecule has 0 saturated carbocycles. The van der Waals surface area contributed by atoms with Crippen molar-refractivity contribution in [3.63, 3.8) is 0 Å². The third kappa shape index (κ3) is 6.60.